The van der Waals surface area contributed by atoms with Gasteiger partial charge in [0.15, 0.2) is 0 Å². The molecule has 0 aliphatic heterocycles. The van der Waals surface area contributed by atoms with Crippen molar-refractivity contribution in [1.82, 2.24) is 0 Å². The number of benzene rings is 4. The fraction of sp³-hybridized carbons (Fsp3) is 0.111. The molecule has 188 valence electrons. The van der Waals surface area contributed by atoms with Gasteiger partial charge < -0.3 is 14.9 Å². The fourth-order valence-electron chi connectivity index (χ4n) is 6.40. The van der Waals surface area contributed by atoms with Crippen LogP contribution < -0.4 is 8.79 Å². The van der Waals surface area contributed by atoms with Gasteiger partial charge in [-0.1, -0.05) is 0 Å². The third-order valence-corrected chi connectivity index (χ3v) is 15.6. The zero-order valence-electron chi connectivity index (χ0n) is 23.4. The molecule has 0 saturated carbocycles. The van der Waals surface area contributed by atoms with E-state index in [-0.39, 0.29) is 41.1 Å². The summed E-state index contributed by atoms with van der Waals surface area (Å²) in [4.78, 5) is 0. The average molecular weight is 633 g/mol. The molecule has 0 saturated heterocycles. The maximum Gasteiger partial charge on any atom is 4.00 e. The van der Waals surface area contributed by atoms with Gasteiger partial charge in [-0.3, -0.25) is 0 Å². The molecule has 0 N–H and O–H groups in total. The third kappa shape index (κ3) is 4.85. The van der Waals surface area contributed by atoms with E-state index in [2.05, 4.69) is 135 Å². The van der Waals surface area contributed by atoms with Crippen molar-refractivity contribution >= 4 is 43.6 Å². The standard InChI is InChI=1S/C34H30Ge.2CH3.Zr/c1-23-21-27-17-11-19-29(25-13-7-5-8-14-25)31(27)33(23)35(3,4)34-24(2)22-28-18-12-20-30(32(28)34)26-15-9-6-10-16-26;;;/h5-22H,1-4H3;2*1H3;/q-2;2*-1;+4. The molecule has 6 aromatic rings. The van der Waals surface area contributed by atoms with Crippen LogP contribution in [0.1, 0.15) is 11.1 Å². The molecule has 0 spiro atoms. The Balaban J connectivity index is 0.00000133. The topological polar surface area (TPSA) is 0 Å². The zero-order valence-corrected chi connectivity index (χ0v) is 27.9. The fourth-order valence-corrected chi connectivity index (χ4v) is 15.2. The molecular formula is C36H36GeZr. The zero-order chi connectivity index (χ0) is 24.2. The summed E-state index contributed by atoms with van der Waals surface area (Å²) in [7, 11) is 0. The predicted octanol–water partition coefficient (Wildman–Crippen LogP) is 9.10. The number of aryl methyl sites for hydroxylation is 2. The molecule has 0 aliphatic rings. The third-order valence-electron chi connectivity index (χ3n) is 7.65. The molecule has 6 rings (SSSR count). The van der Waals surface area contributed by atoms with Crippen molar-refractivity contribution in [2.75, 3.05) is 0 Å². The van der Waals surface area contributed by atoms with Crippen LogP contribution in [0.4, 0.5) is 0 Å². The van der Waals surface area contributed by atoms with Crippen LogP contribution in [-0.4, -0.2) is 13.3 Å². The molecule has 0 aromatic heterocycles. The Morgan fingerprint density at radius 3 is 1.24 bits per heavy atom. The molecule has 0 fully saturated rings. The predicted molar refractivity (Wildman–Crippen MR) is 169 cm³/mol. The summed E-state index contributed by atoms with van der Waals surface area (Å²) < 4.78 is 3.25. The Morgan fingerprint density at radius 2 is 0.868 bits per heavy atom. The van der Waals surface area contributed by atoms with Crippen molar-refractivity contribution in [1.29, 1.82) is 0 Å². The van der Waals surface area contributed by atoms with Crippen molar-refractivity contribution in [2.45, 2.75) is 25.4 Å². The second-order valence-electron chi connectivity index (χ2n) is 10.3. The Kier molecular flexibility index (Phi) is 9.28. The molecular weight excluding hydrogens is 596 g/mol. The number of fused-ring (bicyclic) bond motifs is 2. The average Bonchev–Trinajstić information content (AvgIpc) is 3.41. The molecule has 38 heavy (non-hydrogen) atoms. The van der Waals surface area contributed by atoms with Crippen LogP contribution in [0.5, 0.6) is 0 Å². The first-order chi connectivity index (χ1) is 17.0. The second kappa shape index (κ2) is 11.7. The van der Waals surface area contributed by atoms with Crippen molar-refractivity contribution < 1.29 is 26.2 Å². The summed E-state index contributed by atoms with van der Waals surface area (Å²) >= 11 is -2.77. The van der Waals surface area contributed by atoms with Gasteiger partial charge in [0.25, 0.3) is 0 Å². The summed E-state index contributed by atoms with van der Waals surface area (Å²) in [5.74, 6) is 5.21. The molecule has 0 aliphatic carbocycles. The van der Waals surface area contributed by atoms with E-state index in [1.807, 2.05) is 0 Å². The molecule has 0 atom stereocenters. The van der Waals surface area contributed by atoms with E-state index in [0.717, 1.165) is 0 Å². The van der Waals surface area contributed by atoms with Gasteiger partial charge in [-0.25, -0.2) is 0 Å². The van der Waals surface area contributed by atoms with Gasteiger partial charge in [0.05, 0.1) is 0 Å². The Morgan fingerprint density at radius 1 is 0.500 bits per heavy atom. The second-order valence-corrected chi connectivity index (χ2v) is 19.2. The summed E-state index contributed by atoms with van der Waals surface area (Å²) in [5, 5.41) is 5.67. The molecule has 0 heterocycles. The molecule has 0 amide bonds. The maximum absolute atomic E-state index is 2.77. The summed E-state index contributed by atoms with van der Waals surface area (Å²) in [5.41, 5.74) is 8.22. The van der Waals surface area contributed by atoms with E-state index in [0.29, 0.717) is 0 Å². The van der Waals surface area contributed by atoms with Crippen molar-refractivity contribution in [2.24, 2.45) is 0 Å². The number of rotatable bonds is 4. The van der Waals surface area contributed by atoms with Gasteiger partial charge in [0, 0.05) is 0 Å². The molecule has 0 radical (unpaired) electrons. The molecule has 0 nitrogen and oxygen atoms in total. The van der Waals surface area contributed by atoms with Crippen LogP contribution in [0.2, 0.25) is 11.5 Å². The van der Waals surface area contributed by atoms with Crippen LogP contribution in [0.3, 0.4) is 0 Å². The first-order valence-electron chi connectivity index (χ1n) is 12.5. The van der Waals surface area contributed by atoms with Crippen molar-refractivity contribution in [3.63, 3.8) is 0 Å². The first-order valence-corrected chi connectivity index (χ1v) is 18.8. The summed E-state index contributed by atoms with van der Waals surface area (Å²) in [6, 6.07) is 40.3. The van der Waals surface area contributed by atoms with E-state index in [1.165, 1.54) is 54.9 Å². The van der Waals surface area contributed by atoms with Crippen LogP contribution >= 0.6 is 0 Å². The van der Waals surface area contributed by atoms with Gasteiger partial charge >= 0.3 is 238 Å². The van der Waals surface area contributed by atoms with E-state index in [4.69, 9.17) is 0 Å². The van der Waals surface area contributed by atoms with E-state index in [1.54, 1.807) is 8.79 Å². The largest absolute Gasteiger partial charge is 4.00 e. The van der Waals surface area contributed by atoms with E-state index in [9.17, 15) is 0 Å². The maximum atomic E-state index is 2.60. The quantitative estimate of drug-likeness (QED) is 0.134. The first kappa shape index (κ1) is 30.1. The monoisotopic (exact) mass is 632 g/mol. The molecule has 0 bridgehead atoms. The smallest absolute Gasteiger partial charge is 0.358 e. The minimum Gasteiger partial charge on any atom is -0.358 e. The van der Waals surface area contributed by atoms with Gasteiger partial charge in [0.1, 0.15) is 0 Å². The van der Waals surface area contributed by atoms with Gasteiger partial charge in [-0.15, -0.1) is 0 Å². The Labute approximate surface area is 250 Å². The molecule has 0 unspecified atom stereocenters. The Hall–Kier alpha value is -2.47. The normalized spacial score (nSPS) is 11.1. The molecule has 2 heteroatoms. The van der Waals surface area contributed by atoms with Gasteiger partial charge in [0.2, 0.25) is 0 Å². The SMILES string of the molecule is Cc1[cH-]c2cccc(-c3ccccc3)c2[c]1[Ge]([CH3])([CH3])[c]1c(C)[cH-]c2cccc(-c3ccccc3)c12.[CH3-].[CH3-].[Zr+4]. The van der Waals surface area contributed by atoms with Crippen LogP contribution in [-0.2, 0) is 26.2 Å². The van der Waals surface area contributed by atoms with Gasteiger partial charge in [-0.05, 0) is 0 Å². The van der Waals surface area contributed by atoms with Gasteiger partial charge in [-0.2, -0.15) is 0 Å². The Bertz CT molecular complexity index is 1540. The number of hydrogen-bond donors (Lipinski definition) is 0. The summed E-state index contributed by atoms with van der Waals surface area (Å²) in [6.07, 6.45) is 0. The van der Waals surface area contributed by atoms with Crippen molar-refractivity contribution in [3.8, 4) is 22.3 Å². The van der Waals surface area contributed by atoms with E-state index >= 15 is 0 Å². The molecule has 6 aromatic carbocycles. The van der Waals surface area contributed by atoms with Crippen LogP contribution in [0.25, 0.3) is 43.8 Å². The van der Waals surface area contributed by atoms with E-state index < -0.39 is 13.3 Å². The van der Waals surface area contributed by atoms with Crippen molar-refractivity contribution in [3.05, 3.63) is 135 Å². The summed E-state index contributed by atoms with van der Waals surface area (Å²) in [6.45, 7) is 4.66. The minimum atomic E-state index is -2.77. The van der Waals surface area contributed by atoms with Crippen LogP contribution in [0, 0.1) is 28.7 Å². The van der Waals surface area contributed by atoms with Crippen LogP contribution in [0.15, 0.2) is 109 Å². The minimum absolute atomic E-state index is 0. The number of hydrogen-bond acceptors (Lipinski definition) is 0.